The number of sulfonamides is 1. The largest absolute Gasteiger partial charge is 0.484 e. The molecule has 1 N–H and O–H groups in total. The Morgan fingerprint density at radius 2 is 1.82 bits per heavy atom. The van der Waals surface area contributed by atoms with E-state index in [2.05, 4.69) is 5.32 Å². The van der Waals surface area contributed by atoms with Gasteiger partial charge in [-0.15, -0.1) is 0 Å². The van der Waals surface area contributed by atoms with E-state index in [-0.39, 0.29) is 22.9 Å². The first-order chi connectivity index (χ1) is 13.4. The summed E-state index contributed by atoms with van der Waals surface area (Å²) in [6, 6.07) is 11.4. The Hall–Kier alpha value is -2.98. The zero-order valence-corrected chi connectivity index (χ0v) is 15.7. The summed E-state index contributed by atoms with van der Waals surface area (Å²) in [6.07, 6.45) is 1.72. The molecule has 2 aromatic carbocycles. The van der Waals surface area contributed by atoms with Crippen molar-refractivity contribution in [1.82, 2.24) is 4.31 Å². The molecule has 1 aliphatic heterocycles. The number of non-ortho nitro benzene ring substituents is 1. The van der Waals surface area contributed by atoms with E-state index in [1.165, 1.54) is 52.8 Å². The Morgan fingerprint density at radius 1 is 1.14 bits per heavy atom. The van der Waals surface area contributed by atoms with Crippen molar-refractivity contribution < 1.29 is 22.9 Å². The van der Waals surface area contributed by atoms with Crippen LogP contribution in [0.3, 0.4) is 0 Å². The van der Waals surface area contributed by atoms with E-state index in [1.807, 2.05) is 0 Å². The first kappa shape index (κ1) is 19.8. The van der Waals surface area contributed by atoms with Gasteiger partial charge in [0.1, 0.15) is 5.75 Å². The highest BCUT2D eigenvalue weighted by Crippen LogP contribution is 2.23. The molecule has 9 nitrogen and oxygen atoms in total. The predicted molar refractivity (Wildman–Crippen MR) is 102 cm³/mol. The maximum Gasteiger partial charge on any atom is 0.271 e. The van der Waals surface area contributed by atoms with Crippen LogP contribution in [0.25, 0.3) is 0 Å². The van der Waals surface area contributed by atoms with Gasteiger partial charge in [0.2, 0.25) is 10.0 Å². The number of nitro benzene ring substituents is 1. The van der Waals surface area contributed by atoms with Gasteiger partial charge in [-0.2, -0.15) is 4.31 Å². The summed E-state index contributed by atoms with van der Waals surface area (Å²) in [5.74, 6) is -0.149. The van der Waals surface area contributed by atoms with E-state index in [4.69, 9.17) is 4.74 Å². The van der Waals surface area contributed by atoms with E-state index in [1.54, 1.807) is 0 Å². The number of hydrogen-bond acceptors (Lipinski definition) is 6. The van der Waals surface area contributed by atoms with Crippen LogP contribution in [0, 0.1) is 10.1 Å². The van der Waals surface area contributed by atoms with Crippen LogP contribution in [0.1, 0.15) is 12.8 Å². The molecule has 28 heavy (non-hydrogen) atoms. The topological polar surface area (TPSA) is 119 Å². The standard InChI is InChI=1S/C18H19N3O6S/c22-18(19-14-4-3-5-15(12-14)21(23)24)13-27-16-6-8-17(9-7-16)28(25,26)20-10-1-2-11-20/h3-9,12H,1-2,10-11,13H2,(H,19,22). The van der Waals surface area contributed by atoms with Gasteiger partial charge in [-0.05, 0) is 43.2 Å². The molecule has 1 saturated heterocycles. The molecule has 10 heteroatoms. The van der Waals surface area contributed by atoms with E-state index in [9.17, 15) is 23.3 Å². The minimum Gasteiger partial charge on any atom is -0.484 e. The molecule has 2 aromatic rings. The maximum atomic E-state index is 12.5. The minimum absolute atomic E-state index is 0.131. The number of carbonyl (C=O) groups is 1. The summed E-state index contributed by atoms with van der Waals surface area (Å²) < 4.78 is 31.7. The number of ether oxygens (including phenoxy) is 1. The van der Waals surface area contributed by atoms with Crippen molar-refractivity contribution >= 4 is 27.3 Å². The lowest BCUT2D eigenvalue weighted by Crippen LogP contribution is -2.27. The third-order valence-corrected chi connectivity index (χ3v) is 6.15. The summed E-state index contributed by atoms with van der Waals surface area (Å²) in [5.41, 5.74) is 0.156. The smallest absolute Gasteiger partial charge is 0.271 e. The molecule has 0 atom stereocenters. The van der Waals surface area contributed by atoms with Gasteiger partial charge in [0.25, 0.3) is 11.6 Å². The Morgan fingerprint density at radius 3 is 2.46 bits per heavy atom. The fraction of sp³-hybridized carbons (Fsp3) is 0.278. The lowest BCUT2D eigenvalue weighted by atomic mass is 10.3. The number of anilines is 1. The van der Waals surface area contributed by atoms with Crippen LogP contribution in [0.2, 0.25) is 0 Å². The fourth-order valence-electron chi connectivity index (χ4n) is 2.83. The quantitative estimate of drug-likeness (QED) is 0.558. The molecule has 0 aliphatic carbocycles. The molecule has 0 saturated carbocycles. The van der Waals surface area contributed by atoms with E-state index < -0.39 is 20.9 Å². The van der Waals surface area contributed by atoms with Crippen molar-refractivity contribution in [3.8, 4) is 5.75 Å². The van der Waals surface area contributed by atoms with Crippen molar-refractivity contribution in [3.63, 3.8) is 0 Å². The van der Waals surface area contributed by atoms with Gasteiger partial charge in [-0.3, -0.25) is 14.9 Å². The number of carbonyl (C=O) groups excluding carboxylic acids is 1. The summed E-state index contributed by atoms with van der Waals surface area (Å²) in [6.45, 7) is 0.734. The van der Waals surface area contributed by atoms with Crippen LogP contribution in [-0.2, 0) is 14.8 Å². The average Bonchev–Trinajstić information content (AvgIpc) is 3.22. The van der Waals surface area contributed by atoms with Gasteiger partial charge >= 0.3 is 0 Å². The first-order valence-corrected chi connectivity index (χ1v) is 10.1. The summed E-state index contributed by atoms with van der Waals surface area (Å²) in [5, 5.41) is 13.3. The normalized spacial score (nSPS) is 14.6. The van der Waals surface area contributed by atoms with Crippen molar-refractivity contribution in [1.29, 1.82) is 0 Å². The zero-order valence-electron chi connectivity index (χ0n) is 14.9. The second-order valence-corrected chi connectivity index (χ2v) is 8.16. The number of nitro groups is 1. The van der Waals surface area contributed by atoms with Gasteiger partial charge in [-0.25, -0.2) is 8.42 Å². The second kappa shape index (κ2) is 8.36. The Balaban J connectivity index is 1.57. The molecule has 1 heterocycles. The monoisotopic (exact) mass is 405 g/mol. The number of nitrogens with zero attached hydrogens (tertiary/aromatic N) is 2. The molecule has 3 rings (SSSR count). The molecule has 1 fully saturated rings. The van der Waals surface area contributed by atoms with Crippen molar-refractivity contribution in [3.05, 3.63) is 58.6 Å². The first-order valence-electron chi connectivity index (χ1n) is 8.63. The van der Waals surface area contributed by atoms with Crippen LogP contribution >= 0.6 is 0 Å². The number of rotatable bonds is 7. The highest BCUT2D eigenvalue weighted by molar-refractivity contribution is 7.89. The minimum atomic E-state index is -3.50. The number of amides is 1. The summed E-state index contributed by atoms with van der Waals surface area (Å²) >= 11 is 0. The number of nitrogens with one attached hydrogen (secondary N) is 1. The molecule has 0 bridgehead atoms. The average molecular weight is 405 g/mol. The molecule has 1 aliphatic rings. The molecular weight excluding hydrogens is 386 g/mol. The molecule has 0 radical (unpaired) electrons. The maximum absolute atomic E-state index is 12.5. The van der Waals surface area contributed by atoms with Crippen molar-refractivity contribution in [2.24, 2.45) is 0 Å². The van der Waals surface area contributed by atoms with Gasteiger partial charge < -0.3 is 10.1 Å². The van der Waals surface area contributed by atoms with Gasteiger partial charge in [-0.1, -0.05) is 6.07 Å². The summed E-state index contributed by atoms with van der Waals surface area (Å²) in [7, 11) is -3.50. The number of benzene rings is 2. The van der Waals surface area contributed by atoms with E-state index in [0.29, 0.717) is 18.8 Å². The predicted octanol–water partition coefficient (Wildman–Crippen LogP) is 2.40. The molecule has 0 spiro atoms. The van der Waals surface area contributed by atoms with Crippen LogP contribution in [0.4, 0.5) is 11.4 Å². The molecular formula is C18H19N3O6S. The Kier molecular flexibility index (Phi) is 5.90. The Bertz CT molecular complexity index is 969. The van der Waals surface area contributed by atoms with Crippen molar-refractivity contribution in [2.45, 2.75) is 17.7 Å². The second-order valence-electron chi connectivity index (χ2n) is 6.23. The van der Waals surface area contributed by atoms with Crippen molar-refractivity contribution in [2.75, 3.05) is 25.0 Å². The lowest BCUT2D eigenvalue weighted by molar-refractivity contribution is -0.384. The third-order valence-electron chi connectivity index (χ3n) is 4.24. The van der Waals surface area contributed by atoms with Crippen LogP contribution in [0.5, 0.6) is 5.75 Å². The van der Waals surface area contributed by atoms with E-state index in [0.717, 1.165) is 12.8 Å². The molecule has 0 aromatic heterocycles. The van der Waals surface area contributed by atoms with Crippen LogP contribution in [-0.4, -0.2) is 43.2 Å². The molecule has 0 unspecified atom stereocenters. The van der Waals surface area contributed by atoms with Gasteiger partial charge in [0, 0.05) is 30.9 Å². The van der Waals surface area contributed by atoms with Crippen LogP contribution < -0.4 is 10.1 Å². The fourth-order valence-corrected chi connectivity index (χ4v) is 4.35. The lowest BCUT2D eigenvalue weighted by Gasteiger charge is -2.15. The Labute approximate surface area is 162 Å². The SMILES string of the molecule is O=C(COc1ccc(S(=O)(=O)N2CCCC2)cc1)Nc1cccc([N+](=O)[O-])c1. The zero-order chi connectivity index (χ0) is 20.1. The van der Waals surface area contributed by atoms with Gasteiger partial charge in [0.05, 0.1) is 9.82 Å². The summed E-state index contributed by atoms with van der Waals surface area (Å²) in [4.78, 5) is 22.3. The molecule has 148 valence electrons. The van der Waals surface area contributed by atoms with Crippen LogP contribution in [0.15, 0.2) is 53.4 Å². The van der Waals surface area contributed by atoms with E-state index >= 15 is 0 Å². The highest BCUT2D eigenvalue weighted by Gasteiger charge is 2.26. The third kappa shape index (κ3) is 4.65. The van der Waals surface area contributed by atoms with Gasteiger partial charge in [0.15, 0.2) is 6.61 Å². The highest BCUT2D eigenvalue weighted by atomic mass is 32.2. The number of hydrogen-bond donors (Lipinski definition) is 1. The molecule has 1 amide bonds.